The Labute approximate surface area is 171 Å². The summed E-state index contributed by atoms with van der Waals surface area (Å²) < 4.78 is 10.9. The van der Waals surface area contributed by atoms with Crippen LogP contribution in [0, 0.1) is 0 Å². The first-order chi connectivity index (χ1) is 14.2. The van der Waals surface area contributed by atoms with Crippen molar-refractivity contribution in [1.82, 2.24) is 0 Å². The topological polar surface area (TPSA) is 52.0 Å². The van der Waals surface area contributed by atoms with Crippen molar-refractivity contribution in [3.63, 3.8) is 0 Å². The molecule has 1 aliphatic heterocycles. The molecule has 3 aromatic rings. The third kappa shape index (κ3) is 4.05. The molecule has 1 heterocycles. The SMILES string of the molecule is COc1ccc([C@H]2CCC[NH+]2CC(=O)Nc2cccc3ccccc23)c(OC)c1. The van der Waals surface area contributed by atoms with Crippen molar-refractivity contribution in [2.45, 2.75) is 18.9 Å². The highest BCUT2D eigenvalue weighted by atomic mass is 16.5. The van der Waals surface area contributed by atoms with Gasteiger partial charge in [-0.2, -0.15) is 0 Å². The average molecular weight is 391 g/mol. The van der Waals surface area contributed by atoms with Gasteiger partial charge < -0.3 is 19.7 Å². The summed E-state index contributed by atoms with van der Waals surface area (Å²) in [5.74, 6) is 1.64. The Bertz CT molecular complexity index is 1010. The van der Waals surface area contributed by atoms with E-state index in [2.05, 4.69) is 23.5 Å². The second-order valence-electron chi connectivity index (χ2n) is 7.46. The van der Waals surface area contributed by atoms with E-state index in [0.717, 1.165) is 52.9 Å². The van der Waals surface area contributed by atoms with Crippen LogP contribution in [0.25, 0.3) is 10.8 Å². The quantitative estimate of drug-likeness (QED) is 0.678. The predicted octanol–water partition coefficient (Wildman–Crippen LogP) is 3.22. The third-order valence-electron chi connectivity index (χ3n) is 5.75. The summed E-state index contributed by atoms with van der Waals surface area (Å²) in [6.07, 6.45) is 2.14. The molecule has 0 radical (unpaired) electrons. The lowest BCUT2D eigenvalue weighted by Gasteiger charge is -2.23. The van der Waals surface area contributed by atoms with E-state index in [4.69, 9.17) is 9.47 Å². The van der Waals surface area contributed by atoms with E-state index in [-0.39, 0.29) is 11.9 Å². The predicted molar refractivity (Wildman–Crippen MR) is 115 cm³/mol. The lowest BCUT2D eigenvalue weighted by Crippen LogP contribution is -3.11. The number of anilines is 1. The fraction of sp³-hybridized carbons (Fsp3) is 0.292. The number of carbonyl (C=O) groups is 1. The first-order valence-corrected chi connectivity index (χ1v) is 10.0. The van der Waals surface area contributed by atoms with Gasteiger partial charge in [0.05, 0.1) is 26.3 Å². The summed E-state index contributed by atoms with van der Waals surface area (Å²) in [4.78, 5) is 14.1. The number of hydrogen-bond donors (Lipinski definition) is 2. The lowest BCUT2D eigenvalue weighted by molar-refractivity contribution is -0.910. The molecular weight excluding hydrogens is 364 g/mol. The molecule has 4 rings (SSSR count). The minimum absolute atomic E-state index is 0.0377. The van der Waals surface area contributed by atoms with Gasteiger partial charge in [0.15, 0.2) is 6.54 Å². The minimum Gasteiger partial charge on any atom is -0.497 e. The minimum atomic E-state index is 0.0377. The van der Waals surface area contributed by atoms with E-state index in [1.54, 1.807) is 14.2 Å². The van der Waals surface area contributed by atoms with Gasteiger partial charge in [-0.1, -0.05) is 36.4 Å². The largest absolute Gasteiger partial charge is 0.497 e. The van der Waals surface area contributed by atoms with Crippen molar-refractivity contribution in [2.24, 2.45) is 0 Å². The maximum atomic E-state index is 12.9. The average Bonchev–Trinajstić information content (AvgIpc) is 3.21. The van der Waals surface area contributed by atoms with E-state index in [1.807, 2.05) is 42.5 Å². The number of ether oxygens (including phenoxy) is 2. The van der Waals surface area contributed by atoms with Gasteiger partial charge in [-0.3, -0.25) is 4.79 Å². The second-order valence-corrected chi connectivity index (χ2v) is 7.46. The Morgan fingerprint density at radius 2 is 1.90 bits per heavy atom. The maximum Gasteiger partial charge on any atom is 0.279 e. The molecule has 2 N–H and O–H groups in total. The van der Waals surface area contributed by atoms with Gasteiger partial charge in [-0.25, -0.2) is 0 Å². The Balaban J connectivity index is 1.51. The Kier molecular flexibility index (Phi) is 5.67. The lowest BCUT2D eigenvalue weighted by atomic mass is 10.0. The smallest absolute Gasteiger partial charge is 0.279 e. The van der Waals surface area contributed by atoms with Crippen LogP contribution >= 0.6 is 0 Å². The Hall–Kier alpha value is -3.05. The monoisotopic (exact) mass is 391 g/mol. The number of likely N-dealkylation sites (tertiary alicyclic amines) is 1. The van der Waals surface area contributed by atoms with Crippen LogP contribution in [0.1, 0.15) is 24.4 Å². The van der Waals surface area contributed by atoms with Crippen molar-refractivity contribution in [3.8, 4) is 11.5 Å². The van der Waals surface area contributed by atoms with Gasteiger partial charge in [-0.05, 0) is 23.6 Å². The molecule has 1 unspecified atom stereocenters. The van der Waals surface area contributed by atoms with Crippen LogP contribution < -0.4 is 19.7 Å². The number of benzene rings is 3. The zero-order valence-electron chi connectivity index (χ0n) is 16.9. The number of hydrogen-bond acceptors (Lipinski definition) is 3. The molecule has 5 nitrogen and oxygen atoms in total. The van der Waals surface area contributed by atoms with Crippen molar-refractivity contribution < 1.29 is 19.2 Å². The molecular formula is C24H27N2O3+. The van der Waals surface area contributed by atoms with Gasteiger partial charge in [0.1, 0.15) is 17.5 Å². The van der Waals surface area contributed by atoms with Crippen LogP contribution in [0.5, 0.6) is 11.5 Å². The van der Waals surface area contributed by atoms with Crippen molar-refractivity contribution in [1.29, 1.82) is 0 Å². The van der Waals surface area contributed by atoms with E-state index < -0.39 is 0 Å². The highest BCUT2D eigenvalue weighted by Crippen LogP contribution is 2.31. The normalized spacial score (nSPS) is 18.6. The molecule has 0 spiro atoms. The first kappa shape index (κ1) is 19.3. The molecule has 0 aliphatic carbocycles. The molecule has 1 amide bonds. The molecule has 150 valence electrons. The zero-order valence-corrected chi connectivity index (χ0v) is 16.9. The number of rotatable bonds is 6. The summed E-state index contributed by atoms with van der Waals surface area (Å²) in [7, 11) is 3.33. The van der Waals surface area contributed by atoms with Crippen molar-refractivity contribution in [2.75, 3.05) is 32.6 Å². The zero-order chi connectivity index (χ0) is 20.2. The number of fused-ring (bicyclic) bond motifs is 1. The Morgan fingerprint density at radius 1 is 1.07 bits per heavy atom. The molecule has 0 bridgehead atoms. The number of amides is 1. The highest BCUT2D eigenvalue weighted by Gasteiger charge is 2.33. The van der Waals surface area contributed by atoms with Gasteiger partial charge in [0.25, 0.3) is 5.91 Å². The summed E-state index contributed by atoms with van der Waals surface area (Å²) in [6.45, 7) is 1.41. The fourth-order valence-corrected chi connectivity index (χ4v) is 4.34. The number of methoxy groups -OCH3 is 2. The standard InChI is InChI=1S/C24H26N2O3/c1-28-18-12-13-20(23(15-18)29-2)22-11-6-14-26(22)16-24(27)25-21-10-5-8-17-7-3-4-9-19(17)21/h3-5,7-10,12-13,15,22H,6,11,14,16H2,1-2H3,(H,25,27)/p+1/t22-/m1/s1. The van der Waals surface area contributed by atoms with Crippen LogP contribution in [0.2, 0.25) is 0 Å². The van der Waals surface area contributed by atoms with Crippen LogP contribution in [-0.2, 0) is 4.79 Å². The molecule has 3 aromatic carbocycles. The van der Waals surface area contributed by atoms with Crippen molar-refractivity contribution in [3.05, 3.63) is 66.2 Å². The van der Waals surface area contributed by atoms with E-state index in [1.165, 1.54) is 4.90 Å². The molecule has 1 aliphatic rings. The first-order valence-electron chi connectivity index (χ1n) is 10.0. The second kappa shape index (κ2) is 8.53. The highest BCUT2D eigenvalue weighted by molar-refractivity contribution is 6.02. The molecule has 5 heteroatoms. The third-order valence-corrected chi connectivity index (χ3v) is 5.75. The fourth-order valence-electron chi connectivity index (χ4n) is 4.34. The van der Waals surface area contributed by atoms with E-state index >= 15 is 0 Å². The number of carbonyl (C=O) groups excluding carboxylic acids is 1. The summed E-state index contributed by atoms with van der Waals surface area (Å²) in [6, 6.07) is 20.3. The van der Waals surface area contributed by atoms with Crippen LogP contribution in [0.3, 0.4) is 0 Å². The van der Waals surface area contributed by atoms with Gasteiger partial charge in [0.2, 0.25) is 0 Å². The molecule has 0 aromatic heterocycles. The number of quaternary nitrogens is 1. The van der Waals surface area contributed by atoms with Gasteiger partial charge >= 0.3 is 0 Å². The molecule has 1 fully saturated rings. The summed E-state index contributed by atoms with van der Waals surface area (Å²) in [5.41, 5.74) is 2.00. The van der Waals surface area contributed by atoms with E-state index in [9.17, 15) is 4.79 Å². The summed E-state index contributed by atoms with van der Waals surface area (Å²) in [5, 5.41) is 5.31. The Morgan fingerprint density at radius 3 is 2.72 bits per heavy atom. The van der Waals surface area contributed by atoms with Crippen LogP contribution in [-0.4, -0.2) is 33.2 Å². The van der Waals surface area contributed by atoms with Gasteiger partial charge in [-0.15, -0.1) is 0 Å². The van der Waals surface area contributed by atoms with E-state index in [0.29, 0.717) is 6.54 Å². The molecule has 2 atom stereocenters. The summed E-state index contributed by atoms with van der Waals surface area (Å²) >= 11 is 0. The maximum absolute atomic E-state index is 12.9. The molecule has 29 heavy (non-hydrogen) atoms. The molecule has 1 saturated heterocycles. The van der Waals surface area contributed by atoms with Crippen molar-refractivity contribution >= 4 is 22.4 Å². The van der Waals surface area contributed by atoms with Crippen LogP contribution in [0.4, 0.5) is 5.69 Å². The van der Waals surface area contributed by atoms with Crippen LogP contribution in [0.15, 0.2) is 60.7 Å². The molecule has 0 saturated carbocycles. The van der Waals surface area contributed by atoms with Gasteiger partial charge in [0, 0.05) is 30.0 Å². The number of nitrogens with one attached hydrogen (secondary N) is 2.